The van der Waals surface area contributed by atoms with Gasteiger partial charge in [0.05, 0.1) is 44.0 Å². The molecule has 112 valence electrons. The first-order valence-corrected chi connectivity index (χ1v) is 5.79. The van der Waals surface area contributed by atoms with Gasteiger partial charge in [-0.3, -0.25) is 9.78 Å². The van der Waals surface area contributed by atoms with Gasteiger partial charge in [0, 0.05) is 0 Å². The van der Waals surface area contributed by atoms with Gasteiger partial charge in [0.15, 0.2) is 5.75 Å². The molecule has 5 nitrogen and oxygen atoms in total. The summed E-state index contributed by atoms with van der Waals surface area (Å²) in [6.45, 7) is 0. The minimum atomic E-state index is -4.94. The Bertz CT molecular complexity index is 493. The predicted molar refractivity (Wildman–Crippen MR) is 62.7 cm³/mol. The third-order valence-corrected chi connectivity index (χ3v) is 2.55. The zero-order valence-electron chi connectivity index (χ0n) is 10.6. The topological polar surface area (TPSA) is 57.7 Å². The molecule has 1 aromatic heterocycles. The van der Waals surface area contributed by atoms with Gasteiger partial charge in [-0.1, -0.05) is 0 Å². The largest absolute Gasteiger partial charge is 0.573 e. The summed E-state index contributed by atoms with van der Waals surface area (Å²) in [7, 11) is 2.36. The van der Waals surface area contributed by atoms with E-state index >= 15 is 0 Å². The highest BCUT2D eigenvalue weighted by Gasteiger charge is 2.34. The van der Waals surface area contributed by atoms with Gasteiger partial charge in [-0.05, 0) is 0 Å². The first kappa shape index (κ1) is 16.4. The molecule has 0 atom stereocenters. The van der Waals surface area contributed by atoms with Crippen LogP contribution in [0.2, 0.25) is 0 Å². The lowest BCUT2D eigenvalue weighted by Crippen LogP contribution is -2.21. The maximum absolute atomic E-state index is 12.4. The standard InChI is InChI=1S/C11H11ClF3NO4/c1-18-8-5-16-7(3-9(17)19-2)10(6(8)4-12)20-11(13,14)15/h5H,3-4H2,1-2H3. The molecule has 0 saturated heterocycles. The summed E-state index contributed by atoms with van der Waals surface area (Å²) >= 11 is 5.62. The molecule has 0 unspecified atom stereocenters. The molecule has 1 aromatic rings. The third-order valence-electron chi connectivity index (χ3n) is 2.28. The van der Waals surface area contributed by atoms with Crippen LogP contribution in [0.3, 0.4) is 0 Å². The third kappa shape index (κ3) is 4.16. The predicted octanol–water partition coefficient (Wildman–Crippen LogP) is 2.44. The number of halogens is 4. The Kier molecular flexibility index (Phi) is 5.43. The Hall–Kier alpha value is -1.70. The number of methoxy groups -OCH3 is 2. The maximum atomic E-state index is 12.4. The van der Waals surface area contributed by atoms with Gasteiger partial charge in [0.1, 0.15) is 5.75 Å². The Morgan fingerprint density at radius 1 is 1.40 bits per heavy atom. The van der Waals surface area contributed by atoms with Gasteiger partial charge in [-0.2, -0.15) is 0 Å². The van der Waals surface area contributed by atoms with E-state index in [1.807, 2.05) is 0 Å². The molecule has 0 N–H and O–H groups in total. The van der Waals surface area contributed by atoms with Crippen molar-refractivity contribution in [2.45, 2.75) is 18.7 Å². The van der Waals surface area contributed by atoms with Crippen molar-refractivity contribution >= 4 is 17.6 Å². The number of hydrogen-bond acceptors (Lipinski definition) is 5. The van der Waals surface area contributed by atoms with Gasteiger partial charge >= 0.3 is 12.3 Å². The molecule has 1 rings (SSSR count). The molecule has 0 fully saturated rings. The number of aromatic nitrogens is 1. The van der Waals surface area contributed by atoms with Crippen LogP contribution in [-0.2, 0) is 21.8 Å². The molecule has 9 heteroatoms. The van der Waals surface area contributed by atoms with E-state index in [1.54, 1.807) is 0 Å². The Morgan fingerprint density at radius 2 is 2.05 bits per heavy atom. The highest BCUT2D eigenvalue weighted by atomic mass is 35.5. The smallest absolute Gasteiger partial charge is 0.495 e. The number of esters is 1. The van der Waals surface area contributed by atoms with E-state index in [-0.39, 0.29) is 22.9 Å². The molecule has 0 saturated carbocycles. The molecule has 0 aliphatic carbocycles. The summed E-state index contributed by atoms with van der Waals surface area (Å²) in [4.78, 5) is 14.9. The van der Waals surface area contributed by atoms with E-state index in [4.69, 9.17) is 16.3 Å². The summed E-state index contributed by atoms with van der Waals surface area (Å²) in [5.74, 6) is -1.66. The van der Waals surface area contributed by atoms with Crippen LogP contribution in [0.25, 0.3) is 0 Å². The fraction of sp³-hybridized carbons (Fsp3) is 0.455. The van der Waals surface area contributed by atoms with E-state index in [9.17, 15) is 18.0 Å². The number of carbonyl (C=O) groups excluding carboxylic acids is 1. The first-order valence-electron chi connectivity index (χ1n) is 5.25. The monoisotopic (exact) mass is 313 g/mol. The fourth-order valence-electron chi connectivity index (χ4n) is 1.43. The average molecular weight is 314 g/mol. The average Bonchev–Trinajstić information content (AvgIpc) is 2.38. The number of nitrogens with zero attached hydrogens (tertiary/aromatic N) is 1. The van der Waals surface area contributed by atoms with Crippen LogP contribution in [-0.4, -0.2) is 31.5 Å². The normalized spacial score (nSPS) is 11.1. The molecule has 0 aliphatic heterocycles. The van der Waals surface area contributed by atoms with Crippen molar-refractivity contribution in [2.24, 2.45) is 0 Å². The SMILES string of the molecule is COC(=O)Cc1ncc(OC)c(CCl)c1OC(F)(F)F. The van der Waals surface area contributed by atoms with Crippen LogP contribution >= 0.6 is 11.6 Å². The minimum absolute atomic E-state index is 0.0351. The molecule has 0 radical (unpaired) electrons. The van der Waals surface area contributed by atoms with Crippen molar-refractivity contribution < 1.29 is 32.2 Å². The Morgan fingerprint density at radius 3 is 2.50 bits per heavy atom. The van der Waals surface area contributed by atoms with Gasteiger partial charge in [0.2, 0.25) is 0 Å². The number of alkyl halides is 4. The molecule has 0 aliphatic rings. The highest BCUT2D eigenvalue weighted by molar-refractivity contribution is 6.17. The van der Waals surface area contributed by atoms with Crippen molar-refractivity contribution in [1.29, 1.82) is 0 Å². The quantitative estimate of drug-likeness (QED) is 0.617. The second-order valence-electron chi connectivity index (χ2n) is 3.52. The highest BCUT2D eigenvalue weighted by Crippen LogP contribution is 2.36. The van der Waals surface area contributed by atoms with Gasteiger partial charge < -0.3 is 14.2 Å². The summed E-state index contributed by atoms with van der Waals surface area (Å²) < 4.78 is 50.5. The van der Waals surface area contributed by atoms with E-state index in [0.717, 1.165) is 7.11 Å². The summed E-state index contributed by atoms with van der Waals surface area (Å²) in [6.07, 6.45) is -4.26. The van der Waals surface area contributed by atoms with Crippen molar-refractivity contribution in [3.8, 4) is 11.5 Å². The lowest BCUT2D eigenvalue weighted by Gasteiger charge is -2.17. The number of rotatable bonds is 5. The van der Waals surface area contributed by atoms with Gasteiger partial charge in [0.25, 0.3) is 0 Å². The first-order chi connectivity index (χ1) is 9.32. The Balaban J connectivity index is 3.31. The molecule has 20 heavy (non-hydrogen) atoms. The van der Waals surface area contributed by atoms with Crippen LogP contribution < -0.4 is 9.47 Å². The number of carbonyl (C=O) groups is 1. The lowest BCUT2D eigenvalue weighted by molar-refractivity contribution is -0.275. The number of hydrogen-bond donors (Lipinski definition) is 0. The van der Waals surface area contributed by atoms with E-state index in [2.05, 4.69) is 14.5 Å². The van der Waals surface area contributed by atoms with Gasteiger partial charge in [-0.25, -0.2) is 0 Å². The zero-order chi connectivity index (χ0) is 15.3. The van der Waals surface area contributed by atoms with E-state index < -0.39 is 24.5 Å². The molecule has 0 spiro atoms. The zero-order valence-corrected chi connectivity index (χ0v) is 11.3. The van der Waals surface area contributed by atoms with Crippen molar-refractivity contribution in [3.63, 3.8) is 0 Å². The van der Waals surface area contributed by atoms with Crippen molar-refractivity contribution in [3.05, 3.63) is 17.5 Å². The van der Waals surface area contributed by atoms with Crippen molar-refractivity contribution in [2.75, 3.05) is 14.2 Å². The van der Waals surface area contributed by atoms with Crippen LogP contribution in [0.1, 0.15) is 11.3 Å². The molecular formula is C11H11ClF3NO4. The van der Waals surface area contributed by atoms with Crippen molar-refractivity contribution in [1.82, 2.24) is 4.98 Å². The molecular weight excluding hydrogens is 303 g/mol. The second kappa shape index (κ2) is 6.65. The second-order valence-corrected chi connectivity index (χ2v) is 3.78. The van der Waals surface area contributed by atoms with E-state index in [1.165, 1.54) is 13.3 Å². The maximum Gasteiger partial charge on any atom is 0.573 e. The van der Waals surface area contributed by atoms with Gasteiger partial charge in [-0.15, -0.1) is 24.8 Å². The van der Waals surface area contributed by atoms with Crippen LogP contribution in [0.5, 0.6) is 11.5 Å². The molecule has 0 bridgehead atoms. The van der Waals surface area contributed by atoms with E-state index in [0.29, 0.717) is 0 Å². The van der Waals surface area contributed by atoms with Crippen LogP contribution in [0.4, 0.5) is 13.2 Å². The molecule has 0 aromatic carbocycles. The lowest BCUT2D eigenvalue weighted by atomic mass is 10.1. The summed E-state index contributed by atoms with van der Waals surface area (Å²) in [5.41, 5.74) is -0.272. The summed E-state index contributed by atoms with van der Waals surface area (Å²) in [5, 5.41) is 0. The minimum Gasteiger partial charge on any atom is -0.495 e. The number of pyridine rings is 1. The molecule has 1 heterocycles. The fourth-order valence-corrected chi connectivity index (χ4v) is 1.69. The van der Waals surface area contributed by atoms with Crippen LogP contribution in [0.15, 0.2) is 6.20 Å². The summed E-state index contributed by atoms with van der Waals surface area (Å²) in [6, 6.07) is 0. The Labute approximate surface area is 117 Å². The number of ether oxygens (including phenoxy) is 3. The molecule has 0 amide bonds. The van der Waals surface area contributed by atoms with Crippen LogP contribution in [0, 0.1) is 0 Å².